The fourth-order valence-electron chi connectivity index (χ4n) is 1.69. The minimum Gasteiger partial charge on any atom is -0.385 e. The van der Waals surface area contributed by atoms with Crippen molar-refractivity contribution in [3.63, 3.8) is 0 Å². The van der Waals surface area contributed by atoms with Crippen LogP contribution in [0, 0.1) is 0 Å². The predicted molar refractivity (Wildman–Crippen MR) is 68.7 cm³/mol. The van der Waals surface area contributed by atoms with Crippen LogP contribution in [-0.2, 0) is 11.2 Å². The molecule has 0 amide bonds. The Hall–Kier alpha value is -0.860. The lowest BCUT2D eigenvalue weighted by Crippen LogP contribution is -2.20. The molecule has 16 heavy (non-hydrogen) atoms. The summed E-state index contributed by atoms with van der Waals surface area (Å²) in [4.78, 5) is 0. The number of methoxy groups -OCH3 is 1. The molecule has 1 aromatic carbocycles. The molecule has 1 N–H and O–H groups in total. The number of aryl methyl sites for hydroxylation is 1. The van der Waals surface area contributed by atoms with Gasteiger partial charge in [0, 0.05) is 19.8 Å². The Morgan fingerprint density at radius 2 is 1.94 bits per heavy atom. The first-order valence-electron chi connectivity index (χ1n) is 6.09. The molecule has 90 valence electrons. The van der Waals surface area contributed by atoms with Gasteiger partial charge in [0.2, 0.25) is 0 Å². The molecule has 1 aromatic rings. The Balaban J connectivity index is 2.37. The zero-order valence-corrected chi connectivity index (χ0v) is 10.6. The second kappa shape index (κ2) is 7.42. The molecule has 0 aliphatic carbocycles. The lowest BCUT2D eigenvalue weighted by atomic mass is 10.1. The molecule has 0 spiro atoms. The first kappa shape index (κ1) is 13.2. The van der Waals surface area contributed by atoms with Crippen LogP contribution in [0.4, 0.5) is 0 Å². The summed E-state index contributed by atoms with van der Waals surface area (Å²) in [6.07, 6.45) is 2.17. The van der Waals surface area contributed by atoms with Crippen LogP contribution in [0.2, 0.25) is 0 Å². The quantitative estimate of drug-likeness (QED) is 0.715. The highest BCUT2D eigenvalue weighted by atomic mass is 16.5. The molecule has 0 radical (unpaired) electrons. The fraction of sp³-hybridized carbons (Fsp3) is 0.571. The van der Waals surface area contributed by atoms with Gasteiger partial charge in [-0.15, -0.1) is 0 Å². The van der Waals surface area contributed by atoms with E-state index in [1.807, 2.05) is 0 Å². The summed E-state index contributed by atoms with van der Waals surface area (Å²) in [5, 5.41) is 3.49. The molecule has 0 aliphatic heterocycles. The zero-order valence-electron chi connectivity index (χ0n) is 10.6. The molecule has 0 aliphatic rings. The van der Waals surface area contributed by atoms with Gasteiger partial charge in [-0.2, -0.15) is 0 Å². The van der Waals surface area contributed by atoms with Gasteiger partial charge in [0.15, 0.2) is 0 Å². The van der Waals surface area contributed by atoms with Crippen molar-refractivity contribution in [2.24, 2.45) is 0 Å². The maximum absolute atomic E-state index is 5.02. The number of ether oxygens (including phenoxy) is 1. The van der Waals surface area contributed by atoms with Crippen LogP contribution < -0.4 is 5.32 Å². The van der Waals surface area contributed by atoms with Crippen LogP contribution in [0.15, 0.2) is 24.3 Å². The number of benzene rings is 1. The van der Waals surface area contributed by atoms with E-state index in [-0.39, 0.29) is 0 Å². The van der Waals surface area contributed by atoms with E-state index in [1.54, 1.807) is 7.11 Å². The van der Waals surface area contributed by atoms with E-state index in [1.165, 1.54) is 11.1 Å². The molecular weight excluding hydrogens is 198 g/mol. The summed E-state index contributed by atoms with van der Waals surface area (Å²) in [6, 6.07) is 9.27. The molecule has 0 saturated heterocycles. The van der Waals surface area contributed by atoms with Gasteiger partial charge in [0.1, 0.15) is 0 Å². The van der Waals surface area contributed by atoms with Crippen molar-refractivity contribution in [3.05, 3.63) is 35.4 Å². The van der Waals surface area contributed by atoms with Gasteiger partial charge >= 0.3 is 0 Å². The van der Waals surface area contributed by atoms with Crippen LogP contribution in [0.3, 0.4) is 0 Å². The maximum Gasteiger partial charge on any atom is 0.0474 e. The molecule has 0 fully saturated rings. The number of nitrogens with one attached hydrogen (secondary N) is 1. The number of hydrogen-bond donors (Lipinski definition) is 1. The van der Waals surface area contributed by atoms with Crippen molar-refractivity contribution in [1.82, 2.24) is 5.32 Å². The van der Waals surface area contributed by atoms with Gasteiger partial charge in [0.25, 0.3) is 0 Å². The van der Waals surface area contributed by atoms with Crippen LogP contribution in [0.25, 0.3) is 0 Å². The summed E-state index contributed by atoms with van der Waals surface area (Å²) in [5.74, 6) is 0. The fourth-order valence-corrected chi connectivity index (χ4v) is 1.69. The lowest BCUT2D eigenvalue weighted by Gasteiger charge is -2.14. The standard InChI is InChI=1S/C14H23NO/c1-4-13-6-8-14(9-7-13)12(2)15-10-5-11-16-3/h6-9,12,15H,4-5,10-11H2,1-3H3. The first-order chi connectivity index (χ1) is 7.77. The molecular formula is C14H23NO. The van der Waals surface area contributed by atoms with Crippen molar-refractivity contribution >= 4 is 0 Å². The SMILES string of the molecule is CCc1ccc(C(C)NCCCOC)cc1. The summed E-state index contributed by atoms with van der Waals surface area (Å²) < 4.78 is 5.02. The van der Waals surface area contributed by atoms with Gasteiger partial charge in [-0.25, -0.2) is 0 Å². The Morgan fingerprint density at radius 1 is 1.25 bits per heavy atom. The Morgan fingerprint density at radius 3 is 2.50 bits per heavy atom. The molecule has 2 heteroatoms. The zero-order chi connectivity index (χ0) is 11.8. The van der Waals surface area contributed by atoms with Gasteiger partial charge < -0.3 is 10.1 Å². The highest BCUT2D eigenvalue weighted by Gasteiger charge is 2.03. The average Bonchev–Trinajstić information content (AvgIpc) is 2.34. The smallest absolute Gasteiger partial charge is 0.0474 e. The predicted octanol–water partition coefficient (Wildman–Crippen LogP) is 2.94. The van der Waals surface area contributed by atoms with Crippen LogP contribution in [0.5, 0.6) is 0 Å². The van der Waals surface area contributed by atoms with Crippen molar-refractivity contribution in [3.8, 4) is 0 Å². The highest BCUT2D eigenvalue weighted by molar-refractivity contribution is 5.24. The van der Waals surface area contributed by atoms with Crippen LogP contribution in [-0.4, -0.2) is 20.3 Å². The van der Waals surface area contributed by atoms with Gasteiger partial charge in [-0.05, 0) is 37.4 Å². The molecule has 1 rings (SSSR count). The van der Waals surface area contributed by atoms with Gasteiger partial charge in [-0.1, -0.05) is 31.2 Å². The summed E-state index contributed by atoms with van der Waals surface area (Å²) in [7, 11) is 1.74. The monoisotopic (exact) mass is 221 g/mol. The molecule has 1 unspecified atom stereocenters. The highest BCUT2D eigenvalue weighted by Crippen LogP contribution is 2.13. The Kier molecular flexibility index (Phi) is 6.12. The van der Waals surface area contributed by atoms with Crippen LogP contribution >= 0.6 is 0 Å². The largest absolute Gasteiger partial charge is 0.385 e. The van der Waals surface area contributed by atoms with Crippen molar-refractivity contribution < 1.29 is 4.74 Å². The molecule has 0 saturated carbocycles. The topological polar surface area (TPSA) is 21.3 Å². The van der Waals surface area contributed by atoms with E-state index in [0.29, 0.717) is 6.04 Å². The Bertz CT molecular complexity index is 281. The second-order valence-electron chi connectivity index (χ2n) is 4.12. The number of hydrogen-bond acceptors (Lipinski definition) is 2. The second-order valence-corrected chi connectivity index (χ2v) is 4.12. The average molecular weight is 221 g/mol. The van der Waals surface area contributed by atoms with E-state index < -0.39 is 0 Å². The van der Waals surface area contributed by atoms with Crippen molar-refractivity contribution in [2.75, 3.05) is 20.3 Å². The molecule has 1 atom stereocenters. The normalized spacial score (nSPS) is 12.7. The maximum atomic E-state index is 5.02. The third-order valence-corrected chi connectivity index (χ3v) is 2.86. The molecule has 0 aromatic heterocycles. The van der Waals surface area contributed by atoms with Crippen molar-refractivity contribution in [1.29, 1.82) is 0 Å². The third-order valence-electron chi connectivity index (χ3n) is 2.86. The van der Waals surface area contributed by atoms with Crippen LogP contribution in [0.1, 0.15) is 37.4 Å². The first-order valence-corrected chi connectivity index (χ1v) is 6.09. The minimum absolute atomic E-state index is 0.419. The van der Waals surface area contributed by atoms with E-state index in [0.717, 1.165) is 26.0 Å². The summed E-state index contributed by atoms with van der Waals surface area (Å²) >= 11 is 0. The summed E-state index contributed by atoms with van der Waals surface area (Å²) in [5.41, 5.74) is 2.75. The Labute approximate surface area is 99.0 Å². The van der Waals surface area contributed by atoms with Crippen molar-refractivity contribution in [2.45, 2.75) is 32.7 Å². The van der Waals surface area contributed by atoms with E-state index >= 15 is 0 Å². The van der Waals surface area contributed by atoms with Gasteiger partial charge in [0.05, 0.1) is 0 Å². The van der Waals surface area contributed by atoms with E-state index in [2.05, 4.69) is 43.4 Å². The molecule has 0 heterocycles. The minimum atomic E-state index is 0.419. The van der Waals surface area contributed by atoms with E-state index in [9.17, 15) is 0 Å². The third kappa shape index (κ3) is 4.33. The molecule has 2 nitrogen and oxygen atoms in total. The molecule has 0 bridgehead atoms. The summed E-state index contributed by atoms with van der Waals surface area (Å²) in [6.45, 7) is 6.22. The lowest BCUT2D eigenvalue weighted by molar-refractivity contribution is 0.193. The van der Waals surface area contributed by atoms with E-state index in [4.69, 9.17) is 4.74 Å². The van der Waals surface area contributed by atoms with Gasteiger partial charge in [-0.3, -0.25) is 0 Å². The number of rotatable bonds is 7.